The quantitative estimate of drug-likeness (QED) is 0.799. The maximum atomic E-state index is 11.7. The molecule has 1 heterocycles. The molecule has 0 fully saturated rings. The van der Waals surface area contributed by atoms with Crippen molar-refractivity contribution in [2.45, 2.75) is 32.7 Å². The highest BCUT2D eigenvalue weighted by Gasteiger charge is 2.14. The molecule has 3 nitrogen and oxygen atoms in total. The van der Waals surface area contributed by atoms with Gasteiger partial charge in [-0.3, -0.25) is 4.79 Å². The van der Waals surface area contributed by atoms with Gasteiger partial charge in [-0.15, -0.1) is 0 Å². The van der Waals surface area contributed by atoms with Crippen molar-refractivity contribution in [3.63, 3.8) is 0 Å². The minimum atomic E-state index is 0.179. The summed E-state index contributed by atoms with van der Waals surface area (Å²) in [5, 5.41) is 7.71. The third-order valence-corrected chi connectivity index (χ3v) is 4.86. The van der Waals surface area contributed by atoms with Crippen molar-refractivity contribution in [1.82, 2.24) is 5.32 Å². The highest BCUT2D eigenvalue weighted by Crippen LogP contribution is 2.31. The predicted octanol–water partition coefficient (Wildman–Crippen LogP) is 4.23. The van der Waals surface area contributed by atoms with Crippen molar-refractivity contribution in [3.8, 4) is 0 Å². The maximum Gasteiger partial charge on any atom is 0.162 e. The number of hydrogen-bond donors (Lipinski definition) is 2. The Morgan fingerprint density at radius 3 is 2.62 bits per heavy atom. The summed E-state index contributed by atoms with van der Waals surface area (Å²) < 4.78 is 0. The highest BCUT2D eigenvalue weighted by atomic mass is 35.5. The summed E-state index contributed by atoms with van der Waals surface area (Å²) in [6.45, 7) is 4.58. The molecule has 2 aromatic rings. The zero-order valence-corrected chi connectivity index (χ0v) is 14.7. The first-order valence-electron chi connectivity index (χ1n) is 8.56. The Kier molecular flexibility index (Phi) is 5.54. The van der Waals surface area contributed by atoms with Crippen LogP contribution in [0.4, 0.5) is 5.69 Å². The van der Waals surface area contributed by atoms with Gasteiger partial charge in [0.15, 0.2) is 5.78 Å². The van der Waals surface area contributed by atoms with E-state index in [1.165, 1.54) is 11.1 Å². The second-order valence-electron chi connectivity index (χ2n) is 6.14. The predicted molar refractivity (Wildman–Crippen MR) is 100 cm³/mol. The van der Waals surface area contributed by atoms with Gasteiger partial charge in [0.2, 0.25) is 0 Å². The molecular formula is C20H23ClN2O. The van der Waals surface area contributed by atoms with Crippen LogP contribution < -0.4 is 10.6 Å². The number of benzene rings is 2. The first-order chi connectivity index (χ1) is 11.7. The molecule has 3 rings (SSSR count). The van der Waals surface area contributed by atoms with Crippen LogP contribution >= 0.6 is 11.6 Å². The number of anilines is 1. The Balaban J connectivity index is 1.76. The van der Waals surface area contributed by atoms with E-state index in [2.05, 4.69) is 16.7 Å². The zero-order valence-electron chi connectivity index (χ0n) is 14.0. The Bertz CT molecular complexity index is 725. The Morgan fingerprint density at radius 2 is 1.88 bits per heavy atom. The van der Waals surface area contributed by atoms with Crippen LogP contribution in [-0.4, -0.2) is 18.9 Å². The Morgan fingerprint density at radius 1 is 1.12 bits per heavy atom. The van der Waals surface area contributed by atoms with Gasteiger partial charge in [-0.05, 0) is 48.7 Å². The number of hydrogen-bond acceptors (Lipinski definition) is 3. The third-order valence-electron chi connectivity index (χ3n) is 4.55. The number of nitrogens with one attached hydrogen (secondary N) is 2. The number of carbonyl (C=O) groups is 1. The molecule has 0 saturated carbocycles. The van der Waals surface area contributed by atoms with E-state index in [0.29, 0.717) is 13.0 Å². The standard InChI is InChI=1S/C20H23ClN2O/c1-2-19(24)16-5-3-14(4-6-16)13-23-20-17-10-12-22-11-9-15(17)7-8-18(20)21/h3-8,22-23H,2,9-13H2,1H3. The van der Waals surface area contributed by atoms with Crippen molar-refractivity contribution < 1.29 is 4.79 Å². The molecule has 24 heavy (non-hydrogen) atoms. The molecule has 1 aliphatic heterocycles. The summed E-state index contributed by atoms with van der Waals surface area (Å²) in [4.78, 5) is 11.7. The second-order valence-corrected chi connectivity index (χ2v) is 6.54. The largest absolute Gasteiger partial charge is 0.380 e. The summed E-state index contributed by atoms with van der Waals surface area (Å²) in [5.41, 5.74) is 5.66. The average molecular weight is 343 g/mol. The van der Waals surface area contributed by atoms with Gasteiger partial charge in [0, 0.05) is 18.5 Å². The van der Waals surface area contributed by atoms with E-state index in [0.717, 1.165) is 47.8 Å². The number of Topliss-reactive ketones (excluding diaryl/α,β-unsaturated/α-hetero) is 1. The van der Waals surface area contributed by atoms with Gasteiger partial charge in [0.25, 0.3) is 0 Å². The van der Waals surface area contributed by atoms with Crippen LogP contribution in [0.5, 0.6) is 0 Å². The van der Waals surface area contributed by atoms with Crippen LogP contribution in [0, 0.1) is 0 Å². The fourth-order valence-electron chi connectivity index (χ4n) is 3.14. The van der Waals surface area contributed by atoms with E-state index in [4.69, 9.17) is 11.6 Å². The molecule has 0 bridgehead atoms. The summed E-state index contributed by atoms with van der Waals surface area (Å²) >= 11 is 6.44. The van der Waals surface area contributed by atoms with Gasteiger partial charge < -0.3 is 10.6 Å². The van der Waals surface area contributed by atoms with Crippen molar-refractivity contribution in [3.05, 3.63) is 63.7 Å². The van der Waals surface area contributed by atoms with Gasteiger partial charge in [-0.25, -0.2) is 0 Å². The number of carbonyl (C=O) groups excluding carboxylic acids is 1. The van der Waals surface area contributed by atoms with Gasteiger partial charge in [-0.2, -0.15) is 0 Å². The molecule has 2 aromatic carbocycles. The lowest BCUT2D eigenvalue weighted by Crippen LogP contribution is -2.16. The molecule has 2 N–H and O–H groups in total. The number of fused-ring (bicyclic) bond motifs is 1. The van der Waals surface area contributed by atoms with Crippen LogP contribution in [0.15, 0.2) is 36.4 Å². The van der Waals surface area contributed by atoms with Gasteiger partial charge in [0.1, 0.15) is 0 Å². The van der Waals surface area contributed by atoms with Crippen LogP contribution in [0.3, 0.4) is 0 Å². The SMILES string of the molecule is CCC(=O)c1ccc(CNc2c(Cl)ccc3c2CCNCC3)cc1. The molecule has 0 aliphatic carbocycles. The van der Waals surface area contributed by atoms with E-state index >= 15 is 0 Å². The number of rotatable bonds is 5. The molecule has 126 valence electrons. The van der Waals surface area contributed by atoms with Crippen LogP contribution in [0.25, 0.3) is 0 Å². The molecule has 0 radical (unpaired) electrons. The Labute approximate surface area is 148 Å². The second kappa shape index (κ2) is 7.82. The van der Waals surface area contributed by atoms with Gasteiger partial charge >= 0.3 is 0 Å². The summed E-state index contributed by atoms with van der Waals surface area (Å²) in [5.74, 6) is 0.179. The zero-order chi connectivity index (χ0) is 16.9. The smallest absolute Gasteiger partial charge is 0.162 e. The average Bonchev–Trinajstić information content (AvgIpc) is 2.86. The van der Waals surface area contributed by atoms with Crippen LogP contribution in [0.1, 0.15) is 40.4 Å². The summed E-state index contributed by atoms with van der Waals surface area (Å²) in [6.07, 6.45) is 2.56. The molecule has 0 aromatic heterocycles. The first kappa shape index (κ1) is 17.0. The van der Waals surface area contributed by atoms with E-state index in [-0.39, 0.29) is 5.78 Å². The molecule has 0 atom stereocenters. The van der Waals surface area contributed by atoms with Crippen molar-refractivity contribution in [1.29, 1.82) is 0 Å². The van der Waals surface area contributed by atoms with Crippen molar-refractivity contribution in [2.75, 3.05) is 18.4 Å². The topological polar surface area (TPSA) is 41.1 Å². The number of ketones is 1. The minimum absolute atomic E-state index is 0.179. The molecule has 0 amide bonds. The third kappa shape index (κ3) is 3.80. The van der Waals surface area contributed by atoms with Crippen molar-refractivity contribution in [2.24, 2.45) is 0 Å². The first-order valence-corrected chi connectivity index (χ1v) is 8.94. The maximum absolute atomic E-state index is 11.7. The molecular weight excluding hydrogens is 320 g/mol. The summed E-state index contributed by atoms with van der Waals surface area (Å²) in [6, 6.07) is 11.9. The molecule has 1 aliphatic rings. The normalized spacial score (nSPS) is 13.9. The number of halogens is 1. The Hall–Kier alpha value is -1.84. The van der Waals surface area contributed by atoms with Crippen LogP contribution in [-0.2, 0) is 19.4 Å². The van der Waals surface area contributed by atoms with E-state index in [9.17, 15) is 4.79 Å². The van der Waals surface area contributed by atoms with E-state index in [1.54, 1.807) is 0 Å². The lowest BCUT2D eigenvalue weighted by molar-refractivity contribution is 0.0988. The van der Waals surface area contributed by atoms with E-state index < -0.39 is 0 Å². The van der Waals surface area contributed by atoms with Crippen molar-refractivity contribution >= 4 is 23.1 Å². The summed E-state index contributed by atoms with van der Waals surface area (Å²) in [7, 11) is 0. The molecule has 0 spiro atoms. The van der Waals surface area contributed by atoms with Gasteiger partial charge in [-0.1, -0.05) is 48.9 Å². The molecule has 0 unspecified atom stereocenters. The lowest BCUT2D eigenvalue weighted by atomic mass is 10.0. The highest BCUT2D eigenvalue weighted by molar-refractivity contribution is 6.33. The van der Waals surface area contributed by atoms with Crippen LogP contribution in [0.2, 0.25) is 5.02 Å². The fourth-order valence-corrected chi connectivity index (χ4v) is 3.38. The molecule has 4 heteroatoms. The van der Waals surface area contributed by atoms with Gasteiger partial charge in [0.05, 0.1) is 10.7 Å². The monoisotopic (exact) mass is 342 g/mol. The molecule has 0 saturated heterocycles. The lowest BCUT2D eigenvalue weighted by Gasteiger charge is -2.16. The van der Waals surface area contributed by atoms with E-state index in [1.807, 2.05) is 37.3 Å². The fraction of sp³-hybridized carbons (Fsp3) is 0.350. The minimum Gasteiger partial charge on any atom is -0.380 e.